The molecule has 4 heteroatoms. The van der Waals surface area contributed by atoms with Crippen LogP contribution in [0.5, 0.6) is 0 Å². The number of primary amides is 1. The maximum absolute atomic E-state index is 11.5. The number of likely N-dealkylation sites (N-methyl/N-ethyl adjacent to an activating group) is 1. The molecule has 1 fully saturated rings. The van der Waals surface area contributed by atoms with E-state index < -0.39 is 0 Å². The van der Waals surface area contributed by atoms with E-state index in [1.54, 1.807) is 0 Å². The van der Waals surface area contributed by atoms with E-state index in [4.69, 9.17) is 5.73 Å². The zero-order valence-electron chi connectivity index (χ0n) is 12.3. The van der Waals surface area contributed by atoms with E-state index in [0.29, 0.717) is 0 Å². The van der Waals surface area contributed by atoms with Gasteiger partial charge in [0.15, 0.2) is 0 Å². The van der Waals surface area contributed by atoms with Gasteiger partial charge in [-0.25, -0.2) is 0 Å². The molecule has 1 aromatic carbocycles. The van der Waals surface area contributed by atoms with E-state index in [0.717, 1.165) is 45.6 Å². The zero-order chi connectivity index (χ0) is 14.4. The molecule has 1 amide bonds. The second kappa shape index (κ2) is 7.41. The molecule has 0 radical (unpaired) electrons. The van der Waals surface area contributed by atoms with Gasteiger partial charge in [0.25, 0.3) is 0 Å². The summed E-state index contributed by atoms with van der Waals surface area (Å²) in [6.07, 6.45) is 2.22. The van der Waals surface area contributed by atoms with Gasteiger partial charge in [-0.2, -0.15) is 0 Å². The van der Waals surface area contributed by atoms with Gasteiger partial charge in [-0.3, -0.25) is 4.79 Å². The molecule has 2 N–H and O–H groups in total. The van der Waals surface area contributed by atoms with Crippen LogP contribution in [0.2, 0.25) is 0 Å². The molecule has 2 rings (SSSR count). The van der Waals surface area contributed by atoms with Crippen LogP contribution in [-0.4, -0.2) is 55.5 Å². The summed E-state index contributed by atoms with van der Waals surface area (Å²) in [5.41, 5.74) is 6.87. The molecule has 1 saturated heterocycles. The Morgan fingerprint density at radius 1 is 1.25 bits per heavy atom. The second-order valence-corrected chi connectivity index (χ2v) is 5.75. The summed E-state index contributed by atoms with van der Waals surface area (Å²) in [4.78, 5) is 16.0. The number of rotatable bonds is 5. The first-order valence-electron chi connectivity index (χ1n) is 7.39. The summed E-state index contributed by atoms with van der Waals surface area (Å²) >= 11 is 0. The van der Waals surface area contributed by atoms with Crippen molar-refractivity contribution in [3.8, 4) is 0 Å². The van der Waals surface area contributed by atoms with Gasteiger partial charge in [-0.05, 0) is 32.0 Å². The van der Waals surface area contributed by atoms with Crippen LogP contribution in [0.15, 0.2) is 30.3 Å². The Kier molecular flexibility index (Phi) is 5.56. The number of aryl methyl sites for hydroxylation is 1. The summed E-state index contributed by atoms with van der Waals surface area (Å²) in [5, 5.41) is 0. The van der Waals surface area contributed by atoms with Crippen LogP contribution < -0.4 is 5.73 Å². The Labute approximate surface area is 121 Å². The highest BCUT2D eigenvalue weighted by molar-refractivity contribution is 5.77. The Morgan fingerprint density at radius 2 is 2.00 bits per heavy atom. The van der Waals surface area contributed by atoms with Crippen molar-refractivity contribution in [2.45, 2.75) is 12.8 Å². The summed E-state index contributed by atoms with van der Waals surface area (Å²) < 4.78 is 0. The molecular formula is C16H25N3O. The molecule has 1 aromatic rings. The van der Waals surface area contributed by atoms with E-state index in [1.807, 2.05) is 6.07 Å². The van der Waals surface area contributed by atoms with Crippen molar-refractivity contribution in [3.63, 3.8) is 0 Å². The first-order valence-corrected chi connectivity index (χ1v) is 7.39. The highest BCUT2D eigenvalue weighted by atomic mass is 16.1. The van der Waals surface area contributed by atoms with E-state index >= 15 is 0 Å². The van der Waals surface area contributed by atoms with Crippen LogP contribution in [0.1, 0.15) is 12.0 Å². The molecule has 20 heavy (non-hydrogen) atoms. The Morgan fingerprint density at radius 3 is 2.70 bits per heavy atom. The van der Waals surface area contributed by atoms with Gasteiger partial charge in [0.05, 0.1) is 5.92 Å². The van der Waals surface area contributed by atoms with Gasteiger partial charge in [0.1, 0.15) is 0 Å². The van der Waals surface area contributed by atoms with Gasteiger partial charge in [0, 0.05) is 26.2 Å². The highest BCUT2D eigenvalue weighted by Crippen LogP contribution is 2.10. The smallest absolute Gasteiger partial charge is 0.223 e. The van der Waals surface area contributed by atoms with E-state index in [2.05, 4.69) is 41.1 Å². The molecule has 0 aliphatic carbocycles. The number of amides is 1. The molecule has 0 bridgehead atoms. The van der Waals surface area contributed by atoms with E-state index in [9.17, 15) is 4.79 Å². The average Bonchev–Trinajstić information content (AvgIpc) is 2.62. The van der Waals surface area contributed by atoms with Crippen LogP contribution in [0.25, 0.3) is 0 Å². The number of benzene rings is 1. The Hall–Kier alpha value is -1.39. The predicted octanol–water partition coefficient (Wildman–Crippen LogP) is 0.968. The van der Waals surface area contributed by atoms with Crippen molar-refractivity contribution >= 4 is 5.91 Å². The summed E-state index contributed by atoms with van der Waals surface area (Å²) in [7, 11) is 2.06. The topological polar surface area (TPSA) is 49.6 Å². The van der Waals surface area contributed by atoms with Crippen LogP contribution in [0.4, 0.5) is 0 Å². The molecule has 1 unspecified atom stereocenters. The number of hydrogen-bond acceptors (Lipinski definition) is 3. The van der Waals surface area contributed by atoms with Crippen LogP contribution in [0, 0.1) is 5.92 Å². The monoisotopic (exact) mass is 275 g/mol. The third-order valence-electron chi connectivity index (χ3n) is 3.99. The summed E-state index contributed by atoms with van der Waals surface area (Å²) in [6.45, 7) is 4.65. The minimum absolute atomic E-state index is 0.0424. The van der Waals surface area contributed by atoms with Gasteiger partial charge in [-0.1, -0.05) is 30.3 Å². The van der Waals surface area contributed by atoms with Crippen molar-refractivity contribution < 1.29 is 4.79 Å². The molecule has 4 nitrogen and oxygen atoms in total. The standard InChI is InChI=1S/C16H25N3O/c1-18-10-11-19(13-15(12-18)16(17)20)9-5-8-14-6-3-2-4-7-14/h2-4,6-7,15H,5,8-13H2,1H3,(H2,17,20). The Bertz CT molecular complexity index is 421. The molecule has 0 aromatic heterocycles. The average molecular weight is 275 g/mol. The molecule has 1 atom stereocenters. The van der Waals surface area contributed by atoms with Crippen LogP contribution in [0.3, 0.4) is 0 Å². The van der Waals surface area contributed by atoms with E-state index in [-0.39, 0.29) is 11.8 Å². The van der Waals surface area contributed by atoms with Crippen LogP contribution in [-0.2, 0) is 11.2 Å². The highest BCUT2D eigenvalue weighted by Gasteiger charge is 2.24. The summed E-state index contributed by atoms with van der Waals surface area (Å²) in [6, 6.07) is 10.6. The zero-order valence-corrected chi connectivity index (χ0v) is 12.3. The minimum Gasteiger partial charge on any atom is -0.369 e. The SMILES string of the molecule is CN1CCN(CCCc2ccccc2)CC(C(N)=O)C1. The van der Waals surface area contributed by atoms with Gasteiger partial charge in [0.2, 0.25) is 5.91 Å². The Balaban J connectivity index is 1.80. The van der Waals surface area contributed by atoms with Crippen LogP contribution >= 0.6 is 0 Å². The quantitative estimate of drug-likeness (QED) is 0.871. The lowest BCUT2D eigenvalue weighted by Gasteiger charge is -2.22. The maximum atomic E-state index is 11.5. The van der Waals surface area contributed by atoms with Crippen molar-refractivity contribution in [2.75, 3.05) is 39.8 Å². The molecule has 1 heterocycles. The number of nitrogens with zero attached hydrogens (tertiary/aromatic N) is 2. The normalized spacial score (nSPS) is 21.6. The van der Waals surface area contributed by atoms with Gasteiger partial charge in [-0.15, -0.1) is 0 Å². The fraction of sp³-hybridized carbons (Fsp3) is 0.562. The van der Waals surface area contributed by atoms with Gasteiger partial charge >= 0.3 is 0 Å². The third kappa shape index (κ3) is 4.62. The van der Waals surface area contributed by atoms with Crippen molar-refractivity contribution in [3.05, 3.63) is 35.9 Å². The van der Waals surface area contributed by atoms with Gasteiger partial charge < -0.3 is 15.5 Å². The number of nitrogens with two attached hydrogens (primary N) is 1. The predicted molar refractivity (Wildman–Crippen MR) is 81.4 cm³/mol. The first kappa shape index (κ1) is 15.0. The molecule has 0 spiro atoms. The lowest BCUT2D eigenvalue weighted by atomic mass is 10.1. The van der Waals surface area contributed by atoms with Crippen molar-refractivity contribution in [1.29, 1.82) is 0 Å². The molecule has 1 aliphatic heterocycles. The maximum Gasteiger partial charge on any atom is 0.223 e. The number of carbonyl (C=O) groups excluding carboxylic acids is 1. The second-order valence-electron chi connectivity index (χ2n) is 5.75. The van der Waals surface area contributed by atoms with Crippen molar-refractivity contribution in [2.24, 2.45) is 11.7 Å². The third-order valence-corrected chi connectivity index (χ3v) is 3.99. The van der Waals surface area contributed by atoms with E-state index in [1.165, 1.54) is 5.56 Å². The summed E-state index contributed by atoms with van der Waals surface area (Å²) in [5.74, 6) is -0.217. The minimum atomic E-state index is -0.174. The largest absolute Gasteiger partial charge is 0.369 e. The number of carbonyl (C=O) groups is 1. The fourth-order valence-corrected chi connectivity index (χ4v) is 2.77. The number of hydrogen-bond donors (Lipinski definition) is 1. The molecule has 110 valence electrons. The molecular weight excluding hydrogens is 250 g/mol. The van der Waals surface area contributed by atoms with Crippen molar-refractivity contribution in [1.82, 2.24) is 9.80 Å². The fourth-order valence-electron chi connectivity index (χ4n) is 2.77. The lowest BCUT2D eigenvalue weighted by molar-refractivity contribution is -0.122. The molecule has 1 aliphatic rings. The lowest BCUT2D eigenvalue weighted by Crippen LogP contribution is -2.38. The molecule has 0 saturated carbocycles. The first-order chi connectivity index (χ1) is 9.65.